The second-order valence-electron chi connectivity index (χ2n) is 8.62. The average Bonchev–Trinajstić information content (AvgIpc) is 2.66. The highest BCUT2D eigenvalue weighted by molar-refractivity contribution is 5.80. The monoisotopic (exact) mass is 382 g/mol. The standard InChI is InChI=1S/C21H42N4O2/c1-18-8-6-11-21(16-18,24(3)4)17-23-20(22-2)25-12-9-19(10-13-25)27-15-7-14-26-5/h18-19H,6-17H2,1-5H3,(H,22,23). The molecule has 1 aliphatic heterocycles. The van der Waals surface area contributed by atoms with E-state index in [1.165, 1.54) is 25.7 Å². The van der Waals surface area contributed by atoms with Crippen LogP contribution in [0.25, 0.3) is 0 Å². The lowest BCUT2D eigenvalue weighted by Crippen LogP contribution is -2.57. The van der Waals surface area contributed by atoms with Crippen molar-refractivity contribution in [2.45, 2.75) is 63.5 Å². The summed E-state index contributed by atoms with van der Waals surface area (Å²) in [6, 6.07) is 0. The molecule has 0 aromatic carbocycles. The van der Waals surface area contributed by atoms with Crippen molar-refractivity contribution in [3.63, 3.8) is 0 Å². The molecule has 0 aromatic heterocycles. The van der Waals surface area contributed by atoms with Crippen LogP contribution in [0.5, 0.6) is 0 Å². The van der Waals surface area contributed by atoms with Crippen LogP contribution in [0.4, 0.5) is 0 Å². The van der Waals surface area contributed by atoms with Crippen LogP contribution < -0.4 is 5.32 Å². The zero-order valence-electron chi connectivity index (χ0n) is 18.3. The van der Waals surface area contributed by atoms with E-state index in [0.717, 1.165) is 64.0 Å². The van der Waals surface area contributed by atoms with Gasteiger partial charge >= 0.3 is 0 Å². The maximum atomic E-state index is 5.99. The smallest absolute Gasteiger partial charge is 0.193 e. The third-order valence-electron chi connectivity index (χ3n) is 6.39. The Morgan fingerprint density at radius 3 is 2.56 bits per heavy atom. The highest BCUT2D eigenvalue weighted by Gasteiger charge is 2.37. The maximum Gasteiger partial charge on any atom is 0.193 e. The normalized spacial score (nSPS) is 28.0. The van der Waals surface area contributed by atoms with Gasteiger partial charge in [-0.05, 0) is 52.1 Å². The lowest BCUT2D eigenvalue weighted by molar-refractivity contribution is 0.00961. The molecule has 2 aliphatic rings. The van der Waals surface area contributed by atoms with Crippen LogP contribution in [-0.2, 0) is 9.47 Å². The minimum absolute atomic E-state index is 0.246. The van der Waals surface area contributed by atoms with E-state index in [2.05, 4.69) is 41.1 Å². The summed E-state index contributed by atoms with van der Waals surface area (Å²) in [7, 11) is 8.11. The molecule has 27 heavy (non-hydrogen) atoms. The number of methoxy groups -OCH3 is 1. The first kappa shape index (κ1) is 22.4. The van der Waals surface area contributed by atoms with E-state index in [1.54, 1.807) is 7.11 Å². The quantitative estimate of drug-likeness (QED) is 0.397. The van der Waals surface area contributed by atoms with Gasteiger partial charge in [-0.3, -0.25) is 4.99 Å². The van der Waals surface area contributed by atoms with Crippen molar-refractivity contribution < 1.29 is 9.47 Å². The molecule has 0 aromatic rings. The van der Waals surface area contributed by atoms with Gasteiger partial charge in [-0.15, -0.1) is 0 Å². The first-order valence-electron chi connectivity index (χ1n) is 10.7. The summed E-state index contributed by atoms with van der Waals surface area (Å²) in [6.45, 7) is 6.98. The Labute approximate surface area is 166 Å². The Hall–Kier alpha value is -0.850. The highest BCUT2D eigenvalue weighted by atomic mass is 16.5. The van der Waals surface area contributed by atoms with Gasteiger partial charge in [-0.1, -0.05) is 19.8 Å². The fourth-order valence-electron chi connectivity index (χ4n) is 4.62. The first-order valence-corrected chi connectivity index (χ1v) is 10.7. The summed E-state index contributed by atoms with van der Waals surface area (Å²) >= 11 is 0. The lowest BCUT2D eigenvalue weighted by atomic mass is 9.75. The largest absolute Gasteiger partial charge is 0.385 e. The fraction of sp³-hybridized carbons (Fsp3) is 0.952. The second-order valence-corrected chi connectivity index (χ2v) is 8.62. The summed E-state index contributed by atoms with van der Waals surface area (Å²) in [5.74, 6) is 1.85. The number of likely N-dealkylation sites (N-methyl/N-ethyl adjacent to an activating group) is 1. The molecule has 0 radical (unpaired) electrons. The molecule has 6 heteroatoms. The number of guanidine groups is 1. The number of rotatable bonds is 8. The van der Waals surface area contributed by atoms with E-state index in [4.69, 9.17) is 9.47 Å². The molecular weight excluding hydrogens is 340 g/mol. The van der Waals surface area contributed by atoms with Gasteiger partial charge in [-0.2, -0.15) is 0 Å². The van der Waals surface area contributed by atoms with Gasteiger partial charge in [0.1, 0.15) is 0 Å². The second kappa shape index (κ2) is 11.2. The zero-order chi connectivity index (χ0) is 19.7. The molecule has 1 saturated heterocycles. The minimum Gasteiger partial charge on any atom is -0.385 e. The lowest BCUT2D eigenvalue weighted by Gasteiger charge is -2.46. The predicted octanol–water partition coefficient (Wildman–Crippen LogP) is 2.59. The number of piperidine rings is 1. The molecular formula is C21H42N4O2. The molecule has 1 N–H and O–H groups in total. The molecule has 2 atom stereocenters. The molecule has 2 fully saturated rings. The third-order valence-corrected chi connectivity index (χ3v) is 6.39. The van der Waals surface area contributed by atoms with Crippen molar-refractivity contribution in [3.05, 3.63) is 0 Å². The summed E-state index contributed by atoms with van der Waals surface area (Å²) in [4.78, 5) is 9.40. The van der Waals surface area contributed by atoms with Gasteiger partial charge in [0.25, 0.3) is 0 Å². The number of nitrogens with zero attached hydrogens (tertiary/aromatic N) is 3. The van der Waals surface area contributed by atoms with Gasteiger partial charge in [0.05, 0.1) is 6.10 Å². The number of hydrogen-bond donors (Lipinski definition) is 1. The molecule has 0 spiro atoms. The topological polar surface area (TPSA) is 49.3 Å². The van der Waals surface area contributed by atoms with Crippen molar-refractivity contribution in [3.8, 4) is 0 Å². The van der Waals surface area contributed by atoms with Crippen LogP contribution in [0.1, 0.15) is 51.9 Å². The van der Waals surface area contributed by atoms with Gasteiger partial charge in [0.15, 0.2) is 5.96 Å². The summed E-state index contributed by atoms with van der Waals surface area (Å²) in [5, 5.41) is 3.70. The summed E-state index contributed by atoms with van der Waals surface area (Å²) in [6.07, 6.45) is 8.72. The van der Waals surface area contributed by atoms with E-state index >= 15 is 0 Å². The van der Waals surface area contributed by atoms with Gasteiger partial charge in [0, 0.05) is 52.5 Å². The van der Waals surface area contributed by atoms with E-state index in [1.807, 2.05) is 7.05 Å². The van der Waals surface area contributed by atoms with E-state index in [0.29, 0.717) is 6.10 Å². The van der Waals surface area contributed by atoms with Crippen LogP contribution in [0.15, 0.2) is 4.99 Å². The van der Waals surface area contributed by atoms with Crippen LogP contribution in [0.3, 0.4) is 0 Å². The molecule has 6 nitrogen and oxygen atoms in total. The molecule has 1 heterocycles. The van der Waals surface area contributed by atoms with E-state index < -0.39 is 0 Å². The van der Waals surface area contributed by atoms with Crippen molar-refractivity contribution in [1.82, 2.24) is 15.1 Å². The van der Waals surface area contributed by atoms with Crippen molar-refractivity contribution >= 4 is 5.96 Å². The van der Waals surface area contributed by atoms with E-state index in [-0.39, 0.29) is 5.54 Å². The van der Waals surface area contributed by atoms with Crippen LogP contribution in [0, 0.1) is 5.92 Å². The van der Waals surface area contributed by atoms with Gasteiger partial charge < -0.3 is 24.6 Å². The number of aliphatic imine (C=N–C) groups is 1. The van der Waals surface area contributed by atoms with Gasteiger partial charge in [0.2, 0.25) is 0 Å². The molecule has 0 bridgehead atoms. The Balaban J connectivity index is 1.80. The highest BCUT2D eigenvalue weighted by Crippen LogP contribution is 2.35. The Bertz CT molecular complexity index is 449. The summed E-state index contributed by atoms with van der Waals surface area (Å²) in [5.41, 5.74) is 0.246. The molecule has 158 valence electrons. The Kier molecular flexibility index (Phi) is 9.33. The molecule has 2 unspecified atom stereocenters. The van der Waals surface area contributed by atoms with Crippen molar-refractivity contribution in [2.75, 3.05) is 61.1 Å². The number of hydrogen-bond acceptors (Lipinski definition) is 4. The van der Waals surface area contributed by atoms with Gasteiger partial charge in [-0.25, -0.2) is 0 Å². The minimum atomic E-state index is 0.246. The average molecular weight is 383 g/mol. The van der Waals surface area contributed by atoms with E-state index in [9.17, 15) is 0 Å². The fourth-order valence-corrected chi connectivity index (χ4v) is 4.62. The van der Waals surface area contributed by atoms with Crippen molar-refractivity contribution in [2.24, 2.45) is 10.9 Å². The number of nitrogens with one attached hydrogen (secondary N) is 1. The summed E-state index contributed by atoms with van der Waals surface area (Å²) < 4.78 is 11.1. The predicted molar refractivity (Wildman–Crippen MR) is 112 cm³/mol. The number of likely N-dealkylation sites (tertiary alicyclic amines) is 1. The molecule has 0 amide bonds. The molecule has 1 aliphatic carbocycles. The van der Waals surface area contributed by atoms with Crippen LogP contribution in [-0.4, -0.2) is 88.5 Å². The zero-order valence-corrected chi connectivity index (χ0v) is 18.3. The Morgan fingerprint density at radius 1 is 1.22 bits per heavy atom. The van der Waals surface area contributed by atoms with Crippen molar-refractivity contribution in [1.29, 1.82) is 0 Å². The van der Waals surface area contributed by atoms with Crippen LogP contribution in [0.2, 0.25) is 0 Å². The SMILES string of the molecule is CN=C(NCC1(N(C)C)CCCC(C)C1)N1CCC(OCCCOC)CC1. The first-order chi connectivity index (χ1) is 13.0. The Morgan fingerprint density at radius 2 is 1.96 bits per heavy atom. The number of ether oxygens (including phenoxy) is 2. The molecule has 2 rings (SSSR count). The maximum absolute atomic E-state index is 5.99. The third kappa shape index (κ3) is 6.61. The molecule has 1 saturated carbocycles. The van der Waals surface area contributed by atoms with Crippen LogP contribution >= 0.6 is 0 Å².